The quantitative estimate of drug-likeness (QED) is 0.643. The number of urea groups is 1. The average molecular weight is 459 g/mol. The standard InChI is InChI=1S/C22H27BrN4O2/c1-2-26(15-16-9-11-17(24)12-10-16)22(29)25-14-21(28)27-13-5-8-20(27)18-6-3-4-7-19(18)23/h3-4,6-7,9-12,20H,2,5,8,13-15,24H2,1H3,(H,25,29). The van der Waals surface area contributed by atoms with Crippen LogP contribution in [-0.4, -0.2) is 41.4 Å². The molecule has 1 aliphatic heterocycles. The fourth-order valence-corrected chi connectivity index (χ4v) is 4.22. The Hall–Kier alpha value is -2.54. The molecule has 0 aromatic heterocycles. The Morgan fingerprint density at radius 2 is 1.93 bits per heavy atom. The van der Waals surface area contributed by atoms with Crippen molar-refractivity contribution in [2.24, 2.45) is 0 Å². The van der Waals surface area contributed by atoms with Crippen molar-refractivity contribution < 1.29 is 9.59 Å². The van der Waals surface area contributed by atoms with E-state index in [2.05, 4.69) is 21.2 Å². The van der Waals surface area contributed by atoms with E-state index in [9.17, 15) is 9.59 Å². The van der Waals surface area contributed by atoms with Gasteiger partial charge in [0.15, 0.2) is 0 Å². The van der Waals surface area contributed by atoms with E-state index in [4.69, 9.17) is 5.73 Å². The second kappa shape index (κ2) is 9.78. The number of amides is 3. The molecule has 154 valence electrons. The number of halogens is 1. The molecule has 1 saturated heterocycles. The lowest BCUT2D eigenvalue weighted by molar-refractivity contribution is -0.131. The highest BCUT2D eigenvalue weighted by Crippen LogP contribution is 2.35. The number of hydrogen-bond acceptors (Lipinski definition) is 3. The van der Waals surface area contributed by atoms with E-state index in [0.29, 0.717) is 25.3 Å². The van der Waals surface area contributed by atoms with Gasteiger partial charge >= 0.3 is 6.03 Å². The number of carbonyl (C=O) groups is 2. The highest BCUT2D eigenvalue weighted by Gasteiger charge is 2.31. The maximum absolute atomic E-state index is 12.8. The van der Waals surface area contributed by atoms with Gasteiger partial charge in [0.1, 0.15) is 0 Å². The summed E-state index contributed by atoms with van der Waals surface area (Å²) in [5.41, 5.74) is 8.52. The lowest BCUT2D eigenvalue weighted by atomic mass is 10.0. The molecule has 0 saturated carbocycles. The van der Waals surface area contributed by atoms with Crippen molar-refractivity contribution in [3.8, 4) is 0 Å². The third-order valence-corrected chi connectivity index (χ3v) is 5.97. The Bertz CT molecular complexity index is 856. The number of nitrogens with zero attached hydrogens (tertiary/aromatic N) is 2. The summed E-state index contributed by atoms with van der Waals surface area (Å²) in [6.07, 6.45) is 1.89. The molecule has 29 heavy (non-hydrogen) atoms. The first kappa shape index (κ1) is 21.2. The zero-order chi connectivity index (χ0) is 20.8. The van der Waals surface area contributed by atoms with Gasteiger partial charge in [0.25, 0.3) is 0 Å². The number of likely N-dealkylation sites (tertiary alicyclic amines) is 1. The first-order chi connectivity index (χ1) is 14.0. The van der Waals surface area contributed by atoms with Gasteiger partial charge in [0.2, 0.25) is 5.91 Å². The third-order valence-electron chi connectivity index (χ3n) is 5.25. The SMILES string of the molecule is CCN(Cc1ccc(N)cc1)C(=O)NCC(=O)N1CCCC1c1ccccc1Br. The van der Waals surface area contributed by atoms with Crippen molar-refractivity contribution in [3.05, 3.63) is 64.1 Å². The molecule has 0 aliphatic carbocycles. The molecule has 0 bridgehead atoms. The van der Waals surface area contributed by atoms with Crippen LogP contribution in [-0.2, 0) is 11.3 Å². The third kappa shape index (κ3) is 5.29. The van der Waals surface area contributed by atoms with E-state index in [1.807, 2.05) is 60.4 Å². The van der Waals surface area contributed by atoms with Crippen LogP contribution in [0.15, 0.2) is 53.0 Å². The number of carbonyl (C=O) groups excluding carboxylic acids is 2. The van der Waals surface area contributed by atoms with Crippen molar-refractivity contribution >= 4 is 33.6 Å². The van der Waals surface area contributed by atoms with E-state index >= 15 is 0 Å². The molecule has 3 N–H and O–H groups in total. The number of nitrogens with one attached hydrogen (secondary N) is 1. The van der Waals surface area contributed by atoms with Crippen molar-refractivity contribution in [3.63, 3.8) is 0 Å². The minimum absolute atomic E-state index is 0.00196. The van der Waals surface area contributed by atoms with Crippen LogP contribution in [0.2, 0.25) is 0 Å². The van der Waals surface area contributed by atoms with Crippen LogP contribution >= 0.6 is 15.9 Å². The number of anilines is 1. The van der Waals surface area contributed by atoms with Crippen molar-refractivity contribution in [2.45, 2.75) is 32.4 Å². The van der Waals surface area contributed by atoms with Crippen LogP contribution in [0.4, 0.5) is 10.5 Å². The van der Waals surface area contributed by atoms with Crippen LogP contribution in [0, 0.1) is 0 Å². The molecular formula is C22H27BrN4O2. The summed E-state index contributed by atoms with van der Waals surface area (Å²) in [5.74, 6) is -0.0554. The normalized spacial score (nSPS) is 15.9. The highest BCUT2D eigenvalue weighted by atomic mass is 79.9. The molecular weight excluding hydrogens is 432 g/mol. The fourth-order valence-electron chi connectivity index (χ4n) is 3.67. The minimum Gasteiger partial charge on any atom is -0.399 e. The number of nitrogen functional groups attached to an aromatic ring is 1. The smallest absolute Gasteiger partial charge is 0.318 e. The summed E-state index contributed by atoms with van der Waals surface area (Å²) in [6, 6.07) is 15.3. The molecule has 6 nitrogen and oxygen atoms in total. The van der Waals surface area contributed by atoms with Gasteiger partial charge < -0.3 is 20.9 Å². The Labute approximate surface area is 180 Å². The Morgan fingerprint density at radius 1 is 1.21 bits per heavy atom. The maximum atomic E-state index is 12.8. The van der Waals surface area contributed by atoms with Crippen LogP contribution < -0.4 is 11.1 Å². The molecule has 2 aromatic rings. The van der Waals surface area contributed by atoms with Crippen LogP contribution in [0.1, 0.15) is 36.9 Å². The Balaban J connectivity index is 1.57. The molecule has 3 amide bonds. The number of nitrogens with two attached hydrogens (primary N) is 1. The fraction of sp³-hybridized carbons (Fsp3) is 0.364. The monoisotopic (exact) mass is 458 g/mol. The lowest BCUT2D eigenvalue weighted by Gasteiger charge is -2.27. The zero-order valence-electron chi connectivity index (χ0n) is 16.6. The van der Waals surface area contributed by atoms with Gasteiger partial charge in [0, 0.05) is 29.8 Å². The average Bonchev–Trinajstić information content (AvgIpc) is 3.21. The minimum atomic E-state index is -0.241. The number of benzene rings is 2. The molecule has 0 radical (unpaired) electrons. The highest BCUT2D eigenvalue weighted by molar-refractivity contribution is 9.10. The zero-order valence-corrected chi connectivity index (χ0v) is 18.2. The van der Waals surface area contributed by atoms with Crippen molar-refractivity contribution in [1.82, 2.24) is 15.1 Å². The number of rotatable bonds is 6. The Morgan fingerprint density at radius 3 is 2.62 bits per heavy atom. The van der Waals surface area contributed by atoms with Crippen molar-refractivity contribution in [1.29, 1.82) is 0 Å². The van der Waals surface area contributed by atoms with E-state index in [-0.39, 0.29) is 24.5 Å². The first-order valence-electron chi connectivity index (χ1n) is 9.90. The molecule has 2 aromatic carbocycles. The van der Waals surface area contributed by atoms with Crippen molar-refractivity contribution in [2.75, 3.05) is 25.4 Å². The van der Waals surface area contributed by atoms with Crippen LogP contribution in [0.3, 0.4) is 0 Å². The van der Waals surface area contributed by atoms with Gasteiger partial charge in [-0.15, -0.1) is 0 Å². The van der Waals surface area contributed by atoms with E-state index in [1.54, 1.807) is 4.90 Å². The summed E-state index contributed by atoms with van der Waals surface area (Å²) in [6.45, 7) is 3.65. The van der Waals surface area contributed by atoms with Gasteiger partial charge in [-0.25, -0.2) is 4.79 Å². The van der Waals surface area contributed by atoms with Gasteiger partial charge in [0.05, 0.1) is 12.6 Å². The number of hydrogen-bond donors (Lipinski definition) is 2. The molecule has 1 unspecified atom stereocenters. The van der Waals surface area contributed by atoms with Gasteiger partial charge in [-0.05, 0) is 49.1 Å². The molecule has 1 atom stereocenters. The molecule has 0 spiro atoms. The molecule has 1 aliphatic rings. The second-order valence-electron chi connectivity index (χ2n) is 7.18. The molecule has 1 heterocycles. The van der Waals surface area contributed by atoms with E-state index < -0.39 is 0 Å². The van der Waals surface area contributed by atoms with Gasteiger partial charge in [-0.3, -0.25) is 4.79 Å². The summed E-state index contributed by atoms with van der Waals surface area (Å²) < 4.78 is 1.01. The summed E-state index contributed by atoms with van der Waals surface area (Å²) in [5, 5.41) is 2.79. The van der Waals surface area contributed by atoms with E-state index in [1.165, 1.54) is 0 Å². The lowest BCUT2D eigenvalue weighted by Crippen LogP contribution is -2.45. The molecule has 3 rings (SSSR count). The first-order valence-corrected chi connectivity index (χ1v) is 10.7. The molecule has 7 heteroatoms. The Kier molecular flexibility index (Phi) is 7.14. The topological polar surface area (TPSA) is 78.7 Å². The second-order valence-corrected chi connectivity index (χ2v) is 8.04. The predicted molar refractivity (Wildman–Crippen MR) is 118 cm³/mol. The van der Waals surface area contributed by atoms with Crippen LogP contribution in [0.5, 0.6) is 0 Å². The summed E-state index contributed by atoms with van der Waals surface area (Å²) in [7, 11) is 0. The largest absolute Gasteiger partial charge is 0.399 e. The van der Waals surface area contributed by atoms with Gasteiger partial charge in [-0.2, -0.15) is 0 Å². The summed E-state index contributed by atoms with van der Waals surface area (Å²) >= 11 is 3.59. The maximum Gasteiger partial charge on any atom is 0.318 e. The van der Waals surface area contributed by atoms with Gasteiger partial charge in [-0.1, -0.05) is 46.3 Å². The van der Waals surface area contributed by atoms with Crippen LogP contribution in [0.25, 0.3) is 0 Å². The van der Waals surface area contributed by atoms with E-state index in [0.717, 1.165) is 28.4 Å². The molecule has 1 fully saturated rings. The predicted octanol–water partition coefficient (Wildman–Crippen LogP) is 3.93. The summed E-state index contributed by atoms with van der Waals surface area (Å²) in [4.78, 5) is 28.9.